The van der Waals surface area contributed by atoms with Crippen molar-refractivity contribution in [1.29, 1.82) is 0 Å². The van der Waals surface area contributed by atoms with Crippen molar-refractivity contribution in [2.24, 2.45) is 10.4 Å². The minimum atomic E-state index is -2.80. The molecule has 1 saturated carbocycles. The summed E-state index contributed by atoms with van der Waals surface area (Å²) in [5.74, 6) is -0.616. The minimum Gasteiger partial charge on any atom is -0.447 e. The highest BCUT2D eigenvalue weighted by Crippen LogP contribution is 2.44. The number of amides is 3. The van der Waals surface area contributed by atoms with Crippen molar-refractivity contribution in [3.8, 4) is 22.4 Å². The molecule has 2 N–H and O–H groups in total. The molecule has 2 atom stereocenters. The molecule has 0 radical (unpaired) electrons. The second-order valence-electron chi connectivity index (χ2n) is 16.2. The van der Waals surface area contributed by atoms with Gasteiger partial charge in [-0.25, -0.2) is 14.3 Å². The van der Waals surface area contributed by atoms with E-state index in [4.69, 9.17) is 21.1 Å². The first kappa shape index (κ1) is 41.0. The lowest BCUT2D eigenvalue weighted by Crippen LogP contribution is -2.47. The zero-order chi connectivity index (χ0) is 42.0. The molecular weight excluding hydrogens is 780 g/mol. The fourth-order valence-electron chi connectivity index (χ4n) is 7.11. The topological polar surface area (TPSA) is 140 Å². The predicted molar refractivity (Wildman–Crippen MR) is 218 cm³/mol. The summed E-state index contributed by atoms with van der Waals surface area (Å²) in [7, 11) is 0. The number of halogens is 3. The number of aliphatic imine (C=N–C) groups is 1. The van der Waals surface area contributed by atoms with Gasteiger partial charge in [-0.05, 0) is 78.1 Å². The normalized spacial score (nSPS) is 18.4. The molecule has 12 nitrogen and oxygen atoms in total. The fraction of sp³-hybridized carbons (Fsp3) is 0.318. The second-order valence-corrected chi connectivity index (χ2v) is 16.6. The molecule has 1 saturated heterocycles. The van der Waals surface area contributed by atoms with E-state index >= 15 is 4.79 Å². The van der Waals surface area contributed by atoms with Gasteiger partial charge in [-0.15, -0.1) is 4.99 Å². The van der Waals surface area contributed by atoms with Gasteiger partial charge < -0.3 is 20.1 Å². The summed E-state index contributed by atoms with van der Waals surface area (Å²) in [6, 6.07) is 25.5. The molecule has 7 rings (SSSR count). The van der Waals surface area contributed by atoms with Crippen LogP contribution < -0.4 is 10.6 Å². The van der Waals surface area contributed by atoms with Gasteiger partial charge in [0.15, 0.2) is 0 Å². The summed E-state index contributed by atoms with van der Waals surface area (Å²) in [5, 5.41) is 10.4. The number of ether oxygens (including phenoxy) is 2. The van der Waals surface area contributed by atoms with Crippen LogP contribution in [0.1, 0.15) is 76.2 Å². The standard InChI is InChI=1S/C44H44ClF2N7O5/c1-42(2,3)27-44(32-16-13-29(14-17-32)31-23-49-53(24-31)38(46)47)37(55)54(39(51-44)50-40(56)58-25-28-10-6-5-7-11-28)36(26-59-41(57)52-43(4)19-20-43)30-15-18-34(45)33(22-30)35-12-8-9-21-48-35/h5-18,21-24,36,38H,19-20,25-27H2,1-4H3,(H,52,57)(H,50,51,56)/t36-,44-/m1/s1. The van der Waals surface area contributed by atoms with E-state index in [-0.39, 0.29) is 31.1 Å². The third-order valence-corrected chi connectivity index (χ3v) is 10.6. The van der Waals surface area contributed by atoms with Crippen molar-refractivity contribution in [1.82, 2.24) is 30.3 Å². The number of alkyl halides is 2. The van der Waals surface area contributed by atoms with Crippen molar-refractivity contribution < 1.29 is 32.6 Å². The van der Waals surface area contributed by atoms with Crippen LogP contribution in [0, 0.1) is 5.41 Å². The Hall–Kier alpha value is -6.15. The molecule has 3 amide bonds. The highest BCUT2D eigenvalue weighted by Gasteiger charge is 2.55. The Labute approximate surface area is 345 Å². The third-order valence-electron chi connectivity index (χ3n) is 10.3. The van der Waals surface area contributed by atoms with E-state index in [1.54, 1.807) is 72.9 Å². The predicted octanol–water partition coefficient (Wildman–Crippen LogP) is 9.44. The van der Waals surface area contributed by atoms with Crippen LogP contribution in [0.5, 0.6) is 0 Å². The fourth-order valence-corrected chi connectivity index (χ4v) is 7.32. The van der Waals surface area contributed by atoms with E-state index < -0.39 is 41.6 Å². The average Bonchev–Trinajstić information content (AvgIpc) is 3.60. The van der Waals surface area contributed by atoms with Crippen molar-refractivity contribution in [2.75, 3.05) is 6.61 Å². The first-order chi connectivity index (χ1) is 28.1. The summed E-state index contributed by atoms with van der Waals surface area (Å²) in [4.78, 5) is 52.6. The number of carbonyl (C=O) groups excluding carboxylic acids is 3. The van der Waals surface area contributed by atoms with Gasteiger partial charge >= 0.3 is 18.7 Å². The van der Waals surface area contributed by atoms with Crippen LogP contribution in [0.3, 0.4) is 0 Å². The summed E-state index contributed by atoms with van der Waals surface area (Å²) in [5.41, 5.74) is 1.55. The third kappa shape index (κ3) is 9.44. The van der Waals surface area contributed by atoms with Crippen LogP contribution in [0.15, 0.2) is 115 Å². The van der Waals surface area contributed by atoms with Gasteiger partial charge in [0.25, 0.3) is 5.91 Å². The van der Waals surface area contributed by atoms with Gasteiger partial charge in [0.05, 0.1) is 17.9 Å². The van der Waals surface area contributed by atoms with Crippen LogP contribution >= 0.6 is 11.6 Å². The molecule has 59 heavy (non-hydrogen) atoms. The smallest absolute Gasteiger partial charge is 0.437 e. The monoisotopic (exact) mass is 823 g/mol. The number of benzene rings is 3. The molecule has 2 fully saturated rings. The number of rotatable bonds is 12. The van der Waals surface area contributed by atoms with Gasteiger partial charge in [-0.3, -0.25) is 14.7 Å². The first-order valence-electron chi connectivity index (χ1n) is 19.1. The molecule has 1 aliphatic heterocycles. The molecule has 0 spiro atoms. The summed E-state index contributed by atoms with van der Waals surface area (Å²) in [6.45, 7) is 4.64. The number of pyridine rings is 1. The van der Waals surface area contributed by atoms with Crippen LogP contribution in [-0.4, -0.2) is 55.9 Å². The van der Waals surface area contributed by atoms with Crippen molar-refractivity contribution in [3.63, 3.8) is 0 Å². The largest absolute Gasteiger partial charge is 0.447 e. The van der Waals surface area contributed by atoms with E-state index in [1.807, 2.05) is 52.0 Å². The molecule has 306 valence electrons. The van der Waals surface area contributed by atoms with Crippen molar-refractivity contribution >= 4 is 35.7 Å². The maximum atomic E-state index is 15.6. The number of hydrogen-bond donors (Lipinski definition) is 2. The molecule has 2 aliphatic rings. The molecule has 5 aromatic rings. The van der Waals surface area contributed by atoms with E-state index in [0.717, 1.165) is 18.4 Å². The van der Waals surface area contributed by atoms with E-state index in [1.165, 1.54) is 17.3 Å². The number of nitrogens with zero attached hydrogens (tertiary/aromatic N) is 5. The summed E-state index contributed by atoms with van der Waals surface area (Å²) in [6.07, 6.45) is 4.41. The summed E-state index contributed by atoms with van der Waals surface area (Å²) < 4.78 is 38.8. The van der Waals surface area contributed by atoms with E-state index in [0.29, 0.717) is 43.2 Å². The lowest BCUT2D eigenvalue weighted by atomic mass is 9.75. The molecule has 3 aromatic carbocycles. The van der Waals surface area contributed by atoms with Gasteiger partial charge in [0.2, 0.25) is 5.96 Å². The highest BCUT2D eigenvalue weighted by molar-refractivity contribution is 6.33. The van der Waals surface area contributed by atoms with Gasteiger partial charge in [0.1, 0.15) is 18.8 Å². The molecule has 0 unspecified atom stereocenters. The van der Waals surface area contributed by atoms with E-state index in [2.05, 4.69) is 25.7 Å². The number of alkyl carbamates (subject to hydrolysis) is 1. The molecule has 3 heterocycles. The number of carbonyl (C=O) groups is 3. The first-order valence-corrected chi connectivity index (χ1v) is 19.5. The van der Waals surface area contributed by atoms with Crippen LogP contribution in [-0.2, 0) is 26.4 Å². The molecule has 1 aliphatic carbocycles. The maximum absolute atomic E-state index is 15.6. The van der Waals surface area contributed by atoms with Crippen LogP contribution in [0.2, 0.25) is 5.02 Å². The lowest BCUT2D eigenvalue weighted by molar-refractivity contribution is -0.134. The van der Waals surface area contributed by atoms with Crippen LogP contribution in [0.25, 0.3) is 22.4 Å². The Balaban J connectivity index is 1.34. The molecule has 2 aromatic heterocycles. The molecular formula is C44H44ClF2N7O5. The Morgan fingerprint density at radius 1 is 0.983 bits per heavy atom. The van der Waals surface area contributed by atoms with Gasteiger partial charge in [-0.2, -0.15) is 13.9 Å². The zero-order valence-corrected chi connectivity index (χ0v) is 33.7. The average molecular weight is 824 g/mol. The maximum Gasteiger partial charge on any atom is 0.437 e. The zero-order valence-electron chi connectivity index (χ0n) is 33.0. The lowest BCUT2D eigenvalue weighted by Gasteiger charge is -2.35. The highest BCUT2D eigenvalue weighted by atomic mass is 35.5. The van der Waals surface area contributed by atoms with Gasteiger partial charge in [0, 0.05) is 34.1 Å². The van der Waals surface area contributed by atoms with Crippen molar-refractivity contribution in [3.05, 3.63) is 131 Å². The van der Waals surface area contributed by atoms with Crippen LogP contribution in [0.4, 0.5) is 18.4 Å². The quantitative estimate of drug-likeness (QED) is 0.127. The minimum absolute atomic E-state index is 0.0722. The van der Waals surface area contributed by atoms with E-state index in [9.17, 15) is 18.4 Å². The molecule has 15 heteroatoms. The number of nitrogens with one attached hydrogen (secondary N) is 2. The van der Waals surface area contributed by atoms with Crippen molar-refractivity contribution in [2.45, 2.75) is 77.2 Å². The number of guanidine groups is 1. The van der Waals surface area contributed by atoms with Gasteiger partial charge in [-0.1, -0.05) is 99.1 Å². The number of aromatic nitrogens is 3. The SMILES string of the molecule is CC(C)(C)C[C@]1(c2ccc(-c3cnn(C(F)F)c3)cc2)N/C(=N\C(=O)OCc2ccccc2)N([C@H](COC(=O)NC2(C)CC2)c2ccc(Cl)c(-c3ccccn3)c2)C1=O. The second kappa shape index (κ2) is 16.6. The Kier molecular flexibility index (Phi) is 11.5. The Bertz CT molecular complexity index is 2350. The Morgan fingerprint density at radius 2 is 1.71 bits per heavy atom. The Morgan fingerprint density at radius 3 is 2.36 bits per heavy atom. The molecule has 0 bridgehead atoms. The summed E-state index contributed by atoms with van der Waals surface area (Å²) >= 11 is 6.73. The number of hydrogen-bond acceptors (Lipinski definition) is 7.